The van der Waals surface area contributed by atoms with Crippen LogP contribution in [0.25, 0.3) is 0 Å². The van der Waals surface area contributed by atoms with Crippen molar-refractivity contribution in [2.24, 2.45) is 0 Å². The molecule has 0 aromatic heterocycles. The van der Waals surface area contributed by atoms with Crippen molar-refractivity contribution >= 4 is 21.6 Å². The molecule has 2 N–H and O–H groups in total. The van der Waals surface area contributed by atoms with Crippen molar-refractivity contribution in [1.29, 1.82) is 0 Å². The molecule has 0 amide bonds. The van der Waals surface area contributed by atoms with E-state index in [4.69, 9.17) is 0 Å². The molecule has 0 aliphatic carbocycles. The van der Waals surface area contributed by atoms with Gasteiger partial charge in [-0.3, -0.25) is 0 Å². The molecule has 1 aromatic rings. The third-order valence-corrected chi connectivity index (χ3v) is 4.88. The summed E-state index contributed by atoms with van der Waals surface area (Å²) in [5, 5.41) is 13.8. The summed E-state index contributed by atoms with van der Waals surface area (Å²) in [7, 11) is 0. The van der Waals surface area contributed by atoms with Crippen LogP contribution >= 0.6 is 15.9 Å². The second kappa shape index (κ2) is 7.12. The van der Waals surface area contributed by atoms with Gasteiger partial charge in [-0.25, -0.2) is 0 Å². The lowest BCUT2D eigenvalue weighted by molar-refractivity contribution is 0.0449. The normalized spacial score (nSPS) is 24.1. The van der Waals surface area contributed by atoms with Crippen LogP contribution in [0, 0.1) is 0 Å². The predicted octanol–water partition coefficient (Wildman–Crippen LogP) is 3.86. The van der Waals surface area contributed by atoms with E-state index < -0.39 is 5.60 Å². The molecule has 2 rings (SSSR count). The number of piperidine rings is 1. The van der Waals surface area contributed by atoms with Gasteiger partial charge in [0.15, 0.2) is 0 Å². The van der Waals surface area contributed by atoms with Gasteiger partial charge in [-0.15, -0.1) is 0 Å². The lowest BCUT2D eigenvalue weighted by Crippen LogP contribution is -2.46. The maximum atomic E-state index is 10.3. The third kappa shape index (κ3) is 4.44. The molecule has 0 spiro atoms. The summed E-state index contributed by atoms with van der Waals surface area (Å²) in [6.07, 6.45) is 3.07. The average molecular weight is 355 g/mol. The van der Waals surface area contributed by atoms with Crippen molar-refractivity contribution in [2.45, 2.75) is 51.7 Å². The number of halogens is 1. The summed E-state index contributed by atoms with van der Waals surface area (Å²) >= 11 is 3.71. The Kier molecular flexibility index (Phi) is 5.69. The van der Waals surface area contributed by atoms with E-state index in [1.807, 2.05) is 6.92 Å². The second-order valence-corrected chi connectivity index (χ2v) is 7.26. The number of rotatable bonds is 5. The summed E-state index contributed by atoms with van der Waals surface area (Å²) < 4.78 is 1.14. The quantitative estimate of drug-likeness (QED) is 0.842. The van der Waals surface area contributed by atoms with Gasteiger partial charge in [0.1, 0.15) is 0 Å². The van der Waals surface area contributed by atoms with Crippen LogP contribution in [-0.2, 0) is 0 Å². The van der Waals surface area contributed by atoms with E-state index in [0.29, 0.717) is 12.6 Å². The number of nitrogens with zero attached hydrogens (tertiary/aromatic N) is 1. The number of benzene rings is 1. The Morgan fingerprint density at radius 3 is 2.86 bits per heavy atom. The fourth-order valence-corrected chi connectivity index (χ4v) is 3.69. The Labute approximate surface area is 136 Å². The predicted molar refractivity (Wildman–Crippen MR) is 92.9 cm³/mol. The van der Waals surface area contributed by atoms with Gasteiger partial charge in [-0.1, -0.05) is 28.9 Å². The summed E-state index contributed by atoms with van der Waals surface area (Å²) in [6.45, 7) is 9.07. The van der Waals surface area contributed by atoms with Crippen LogP contribution in [0.4, 0.5) is 5.69 Å². The topological polar surface area (TPSA) is 35.5 Å². The maximum absolute atomic E-state index is 10.3. The largest absolute Gasteiger partial charge is 0.388 e. The Morgan fingerprint density at radius 1 is 1.48 bits per heavy atom. The fraction of sp³-hybridized carbons (Fsp3) is 0.647. The van der Waals surface area contributed by atoms with Crippen molar-refractivity contribution in [2.75, 3.05) is 24.5 Å². The number of anilines is 1. The minimum Gasteiger partial charge on any atom is -0.388 e. The van der Waals surface area contributed by atoms with Crippen molar-refractivity contribution in [3.8, 4) is 0 Å². The minimum absolute atomic E-state index is 0.345. The van der Waals surface area contributed by atoms with E-state index in [2.05, 4.69) is 58.2 Å². The molecular weight excluding hydrogens is 328 g/mol. The number of hydrogen-bond donors (Lipinski definition) is 2. The summed E-state index contributed by atoms with van der Waals surface area (Å²) in [6, 6.07) is 6.89. The standard InChI is InChI=1S/C17H27BrN2O/c1-4-9-19-13(2)15-7-6-14(11-16(15)18)20-10-5-8-17(3,21)12-20/h6-7,11,13,19,21H,4-5,8-10,12H2,1-3H3. The van der Waals surface area contributed by atoms with Gasteiger partial charge >= 0.3 is 0 Å². The number of hydrogen-bond acceptors (Lipinski definition) is 3. The van der Waals surface area contributed by atoms with E-state index in [1.165, 1.54) is 11.3 Å². The summed E-state index contributed by atoms with van der Waals surface area (Å²) in [4.78, 5) is 2.28. The van der Waals surface area contributed by atoms with E-state index in [9.17, 15) is 5.11 Å². The van der Waals surface area contributed by atoms with Crippen LogP contribution < -0.4 is 10.2 Å². The molecular formula is C17H27BrN2O. The SMILES string of the molecule is CCCNC(C)c1ccc(N2CCCC(C)(O)C2)cc1Br. The van der Waals surface area contributed by atoms with E-state index >= 15 is 0 Å². The highest BCUT2D eigenvalue weighted by molar-refractivity contribution is 9.10. The lowest BCUT2D eigenvalue weighted by Gasteiger charge is -2.38. The van der Waals surface area contributed by atoms with Crippen molar-refractivity contribution < 1.29 is 5.11 Å². The molecule has 1 fully saturated rings. The molecule has 3 nitrogen and oxygen atoms in total. The Bertz CT molecular complexity index is 476. The van der Waals surface area contributed by atoms with Crippen molar-refractivity contribution in [3.05, 3.63) is 28.2 Å². The van der Waals surface area contributed by atoms with Gasteiger partial charge in [0.25, 0.3) is 0 Å². The molecule has 0 radical (unpaired) electrons. The smallest absolute Gasteiger partial charge is 0.0794 e. The number of β-amino-alcohol motifs (C(OH)–C–C–N with tert-alkyl or cyclic N) is 1. The van der Waals surface area contributed by atoms with Crippen LogP contribution in [0.1, 0.15) is 51.6 Å². The number of aliphatic hydroxyl groups is 1. The van der Waals surface area contributed by atoms with Crippen LogP contribution in [0.5, 0.6) is 0 Å². The number of nitrogens with one attached hydrogen (secondary N) is 1. The van der Waals surface area contributed by atoms with Gasteiger partial charge < -0.3 is 15.3 Å². The van der Waals surface area contributed by atoms with Gasteiger partial charge in [0, 0.05) is 29.3 Å². The zero-order valence-corrected chi connectivity index (χ0v) is 14.9. The molecule has 0 bridgehead atoms. The molecule has 0 saturated carbocycles. The highest BCUT2D eigenvalue weighted by Gasteiger charge is 2.28. The molecule has 118 valence electrons. The first-order valence-corrected chi connectivity index (χ1v) is 8.72. The molecule has 1 aliphatic rings. The Morgan fingerprint density at radius 2 is 2.24 bits per heavy atom. The van der Waals surface area contributed by atoms with E-state index in [0.717, 1.165) is 36.8 Å². The van der Waals surface area contributed by atoms with Crippen molar-refractivity contribution in [1.82, 2.24) is 5.32 Å². The molecule has 2 atom stereocenters. The second-order valence-electron chi connectivity index (χ2n) is 6.40. The first-order valence-electron chi connectivity index (χ1n) is 7.93. The Hall–Kier alpha value is -0.580. The monoisotopic (exact) mass is 354 g/mol. The third-order valence-electron chi connectivity index (χ3n) is 4.19. The van der Waals surface area contributed by atoms with Crippen molar-refractivity contribution in [3.63, 3.8) is 0 Å². The van der Waals surface area contributed by atoms with Crippen LogP contribution in [-0.4, -0.2) is 30.3 Å². The molecule has 1 aliphatic heterocycles. The van der Waals surface area contributed by atoms with Gasteiger partial charge in [0.05, 0.1) is 5.60 Å². The van der Waals surface area contributed by atoms with Crippen LogP contribution in [0.15, 0.2) is 22.7 Å². The zero-order valence-electron chi connectivity index (χ0n) is 13.3. The molecule has 4 heteroatoms. The minimum atomic E-state index is -0.570. The fourth-order valence-electron chi connectivity index (χ4n) is 2.98. The molecule has 2 unspecified atom stereocenters. The molecule has 1 heterocycles. The molecule has 1 aromatic carbocycles. The molecule has 1 saturated heterocycles. The van der Waals surface area contributed by atoms with Gasteiger partial charge in [-0.05, 0) is 57.4 Å². The zero-order chi connectivity index (χ0) is 15.5. The van der Waals surface area contributed by atoms with Gasteiger partial charge in [0.2, 0.25) is 0 Å². The highest BCUT2D eigenvalue weighted by atomic mass is 79.9. The van der Waals surface area contributed by atoms with E-state index in [1.54, 1.807) is 0 Å². The lowest BCUT2D eigenvalue weighted by atomic mass is 9.94. The molecule has 21 heavy (non-hydrogen) atoms. The first-order chi connectivity index (χ1) is 9.93. The summed E-state index contributed by atoms with van der Waals surface area (Å²) in [5.74, 6) is 0. The van der Waals surface area contributed by atoms with E-state index in [-0.39, 0.29) is 0 Å². The van der Waals surface area contributed by atoms with Crippen LogP contribution in [0.2, 0.25) is 0 Å². The maximum Gasteiger partial charge on any atom is 0.0794 e. The summed E-state index contributed by atoms with van der Waals surface area (Å²) in [5.41, 5.74) is 1.91. The average Bonchev–Trinajstić information content (AvgIpc) is 2.43. The highest BCUT2D eigenvalue weighted by Crippen LogP contribution is 2.31. The van der Waals surface area contributed by atoms with Crippen LogP contribution in [0.3, 0.4) is 0 Å². The van der Waals surface area contributed by atoms with Gasteiger partial charge in [-0.2, -0.15) is 0 Å². The first kappa shape index (κ1) is 16.8. The Balaban J connectivity index is 2.11.